The van der Waals surface area contributed by atoms with E-state index in [1.54, 1.807) is 6.20 Å². The maximum atomic E-state index is 5.66. The van der Waals surface area contributed by atoms with E-state index in [1.165, 1.54) is 5.56 Å². The van der Waals surface area contributed by atoms with Crippen molar-refractivity contribution in [1.29, 1.82) is 0 Å². The number of hydrogen-bond donors (Lipinski definition) is 2. The first-order valence-corrected chi connectivity index (χ1v) is 7.80. The van der Waals surface area contributed by atoms with E-state index in [2.05, 4.69) is 37.4 Å². The maximum absolute atomic E-state index is 5.66. The van der Waals surface area contributed by atoms with Crippen LogP contribution < -0.4 is 0 Å². The van der Waals surface area contributed by atoms with Crippen LogP contribution in [0.15, 0.2) is 48.8 Å². The maximum Gasteiger partial charge on any atom is 0.0755 e. The SMILES string of the molecule is c1ccc(-c2[nH]ncc2CN2CCOCC2c2ccn[nH]2)cc1. The Kier molecular flexibility index (Phi) is 3.92. The Labute approximate surface area is 134 Å². The fourth-order valence-corrected chi connectivity index (χ4v) is 3.07. The van der Waals surface area contributed by atoms with E-state index in [0.717, 1.165) is 36.6 Å². The number of hydrogen-bond acceptors (Lipinski definition) is 4. The van der Waals surface area contributed by atoms with Crippen LogP contribution in [0, 0.1) is 0 Å². The molecule has 1 fully saturated rings. The number of nitrogens with one attached hydrogen (secondary N) is 2. The van der Waals surface area contributed by atoms with Gasteiger partial charge in [0, 0.05) is 24.8 Å². The van der Waals surface area contributed by atoms with Crippen molar-refractivity contribution < 1.29 is 4.74 Å². The molecule has 0 radical (unpaired) electrons. The zero-order valence-electron chi connectivity index (χ0n) is 12.8. The van der Waals surface area contributed by atoms with Crippen molar-refractivity contribution in [2.75, 3.05) is 19.8 Å². The molecule has 6 heteroatoms. The Hall–Kier alpha value is -2.44. The summed E-state index contributed by atoms with van der Waals surface area (Å²) in [5.74, 6) is 0. The lowest BCUT2D eigenvalue weighted by molar-refractivity contribution is -0.0142. The quantitative estimate of drug-likeness (QED) is 0.776. The van der Waals surface area contributed by atoms with Crippen LogP contribution >= 0.6 is 0 Å². The highest BCUT2D eigenvalue weighted by Gasteiger charge is 2.26. The van der Waals surface area contributed by atoms with Crippen LogP contribution in [0.25, 0.3) is 11.3 Å². The second kappa shape index (κ2) is 6.36. The standard InChI is InChI=1S/C17H19N5O/c1-2-4-13(5-3-1)17-14(10-19-21-17)11-22-8-9-23-12-16(22)15-6-7-18-20-15/h1-7,10,16H,8-9,11-12H2,(H,18,20)(H,19,21). The summed E-state index contributed by atoms with van der Waals surface area (Å²) in [7, 11) is 0. The smallest absolute Gasteiger partial charge is 0.0755 e. The van der Waals surface area contributed by atoms with Crippen molar-refractivity contribution in [2.45, 2.75) is 12.6 Å². The van der Waals surface area contributed by atoms with E-state index >= 15 is 0 Å². The monoisotopic (exact) mass is 309 g/mol. The molecule has 1 aliphatic heterocycles. The molecule has 0 spiro atoms. The van der Waals surface area contributed by atoms with Crippen molar-refractivity contribution in [3.63, 3.8) is 0 Å². The number of aromatic amines is 2. The van der Waals surface area contributed by atoms with Crippen LogP contribution in [0.4, 0.5) is 0 Å². The largest absolute Gasteiger partial charge is 0.378 e. The van der Waals surface area contributed by atoms with Gasteiger partial charge >= 0.3 is 0 Å². The van der Waals surface area contributed by atoms with Crippen molar-refractivity contribution in [2.24, 2.45) is 0 Å². The highest BCUT2D eigenvalue weighted by Crippen LogP contribution is 2.27. The van der Waals surface area contributed by atoms with Crippen molar-refractivity contribution >= 4 is 0 Å². The molecule has 23 heavy (non-hydrogen) atoms. The normalized spacial score (nSPS) is 19.0. The highest BCUT2D eigenvalue weighted by molar-refractivity contribution is 5.62. The molecule has 1 saturated heterocycles. The molecule has 1 aliphatic rings. The molecule has 1 aromatic carbocycles. The molecule has 3 heterocycles. The van der Waals surface area contributed by atoms with Crippen LogP contribution in [0.5, 0.6) is 0 Å². The van der Waals surface area contributed by atoms with E-state index in [9.17, 15) is 0 Å². The second-order valence-corrected chi connectivity index (χ2v) is 5.71. The Morgan fingerprint density at radius 2 is 2.04 bits per heavy atom. The van der Waals surface area contributed by atoms with Gasteiger partial charge in [0.1, 0.15) is 0 Å². The summed E-state index contributed by atoms with van der Waals surface area (Å²) in [4.78, 5) is 2.41. The Morgan fingerprint density at radius 3 is 2.87 bits per heavy atom. The summed E-state index contributed by atoms with van der Waals surface area (Å²) in [5.41, 5.74) is 4.53. The predicted molar refractivity (Wildman–Crippen MR) is 86.6 cm³/mol. The first kappa shape index (κ1) is 14.2. The zero-order chi connectivity index (χ0) is 15.5. The van der Waals surface area contributed by atoms with Crippen molar-refractivity contribution in [3.05, 3.63) is 60.0 Å². The Morgan fingerprint density at radius 1 is 1.13 bits per heavy atom. The van der Waals surface area contributed by atoms with E-state index in [0.29, 0.717) is 6.61 Å². The number of rotatable bonds is 4. The van der Waals surface area contributed by atoms with Crippen molar-refractivity contribution in [1.82, 2.24) is 25.3 Å². The summed E-state index contributed by atoms with van der Waals surface area (Å²) in [6.45, 7) is 3.15. The lowest BCUT2D eigenvalue weighted by Crippen LogP contribution is -2.39. The topological polar surface area (TPSA) is 69.8 Å². The summed E-state index contributed by atoms with van der Waals surface area (Å²) in [5, 5.41) is 14.5. The fourth-order valence-electron chi connectivity index (χ4n) is 3.07. The van der Waals surface area contributed by atoms with Crippen LogP contribution in [-0.2, 0) is 11.3 Å². The lowest BCUT2D eigenvalue weighted by Gasteiger charge is -2.34. The van der Waals surface area contributed by atoms with Gasteiger partial charge in [-0.3, -0.25) is 15.1 Å². The van der Waals surface area contributed by atoms with Crippen LogP contribution in [0.3, 0.4) is 0 Å². The van der Waals surface area contributed by atoms with Crippen LogP contribution in [0.2, 0.25) is 0 Å². The first-order valence-electron chi connectivity index (χ1n) is 7.80. The summed E-state index contributed by atoms with van der Waals surface area (Å²) >= 11 is 0. The number of aromatic nitrogens is 4. The molecular weight excluding hydrogens is 290 g/mol. The molecule has 0 bridgehead atoms. The van der Waals surface area contributed by atoms with Crippen LogP contribution in [-0.4, -0.2) is 45.1 Å². The van der Waals surface area contributed by atoms with Gasteiger partial charge in [0.25, 0.3) is 0 Å². The van der Waals surface area contributed by atoms with Gasteiger partial charge in [-0.05, 0) is 11.6 Å². The van der Waals surface area contributed by atoms with Gasteiger partial charge in [0.2, 0.25) is 0 Å². The third-order valence-electron chi connectivity index (χ3n) is 4.27. The summed E-state index contributed by atoms with van der Waals surface area (Å²) in [6, 6.07) is 12.5. The molecule has 6 nitrogen and oxygen atoms in total. The molecule has 118 valence electrons. The van der Waals surface area contributed by atoms with Gasteiger partial charge in [-0.15, -0.1) is 0 Å². The highest BCUT2D eigenvalue weighted by atomic mass is 16.5. The molecule has 3 aromatic rings. The minimum atomic E-state index is 0.199. The van der Waals surface area contributed by atoms with E-state index in [1.807, 2.05) is 30.5 Å². The molecule has 0 saturated carbocycles. The van der Waals surface area contributed by atoms with Gasteiger partial charge < -0.3 is 4.74 Å². The number of morpholine rings is 1. The number of H-pyrrole nitrogens is 2. The summed E-state index contributed by atoms with van der Waals surface area (Å²) in [6.07, 6.45) is 3.71. The average molecular weight is 309 g/mol. The Balaban J connectivity index is 1.59. The molecule has 0 amide bonds. The van der Waals surface area contributed by atoms with Crippen molar-refractivity contribution in [3.8, 4) is 11.3 Å². The van der Waals surface area contributed by atoms with Gasteiger partial charge in [-0.25, -0.2) is 0 Å². The van der Waals surface area contributed by atoms with Gasteiger partial charge in [-0.2, -0.15) is 10.2 Å². The number of ether oxygens (including phenoxy) is 1. The van der Waals surface area contributed by atoms with E-state index in [-0.39, 0.29) is 6.04 Å². The van der Waals surface area contributed by atoms with Gasteiger partial charge in [0.05, 0.1) is 36.8 Å². The minimum Gasteiger partial charge on any atom is -0.378 e. The molecule has 1 atom stereocenters. The van der Waals surface area contributed by atoms with E-state index in [4.69, 9.17) is 4.74 Å². The zero-order valence-corrected chi connectivity index (χ0v) is 12.8. The number of benzene rings is 1. The molecule has 2 N–H and O–H groups in total. The fraction of sp³-hybridized carbons (Fsp3) is 0.294. The Bertz CT molecular complexity index is 737. The predicted octanol–water partition coefficient (Wildman–Crippen LogP) is 2.37. The average Bonchev–Trinajstić information content (AvgIpc) is 3.28. The molecular formula is C17H19N5O. The van der Waals surface area contributed by atoms with E-state index < -0.39 is 0 Å². The van der Waals surface area contributed by atoms with Gasteiger partial charge in [-0.1, -0.05) is 30.3 Å². The molecule has 1 unspecified atom stereocenters. The minimum absolute atomic E-state index is 0.199. The third-order valence-corrected chi connectivity index (χ3v) is 4.27. The van der Waals surface area contributed by atoms with Gasteiger partial charge in [0.15, 0.2) is 0 Å². The first-order chi connectivity index (χ1) is 11.4. The molecule has 2 aromatic heterocycles. The third kappa shape index (κ3) is 2.91. The lowest BCUT2D eigenvalue weighted by atomic mass is 10.1. The molecule has 0 aliphatic carbocycles. The second-order valence-electron chi connectivity index (χ2n) is 5.71. The number of nitrogens with zero attached hydrogens (tertiary/aromatic N) is 3. The molecule has 4 rings (SSSR count). The van der Waals surface area contributed by atoms with Crippen LogP contribution in [0.1, 0.15) is 17.3 Å². The summed E-state index contributed by atoms with van der Waals surface area (Å²) < 4.78 is 5.66.